The first-order valence-electron chi connectivity index (χ1n) is 7.21. The van der Waals surface area contributed by atoms with Gasteiger partial charge in [-0.3, -0.25) is 4.90 Å². The van der Waals surface area contributed by atoms with Crippen LogP contribution in [0.2, 0.25) is 0 Å². The second-order valence-electron chi connectivity index (χ2n) is 5.37. The molecule has 1 aromatic rings. The van der Waals surface area contributed by atoms with E-state index in [1.54, 1.807) is 12.1 Å². The van der Waals surface area contributed by atoms with Crippen LogP contribution in [0.4, 0.5) is 4.39 Å². The average Bonchev–Trinajstić information content (AvgIpc) is 2.36. The van der Waals surface area contributed by atoms with Crippen LogP contribution >= 0.6 is 0 Å². The van der Waals surface area contributed by atoms with Crippen molar-refractivity contribution in [2.75, 3.05) is 19.6 Å². The zero-order valence-electron chi connectivity index (χ0n) is 12.8. The van der Waals surface area contributed by atoms with Crippen LogP contribution in [0.15, 0.2) is 24.3 Å². The molecule has 1 N–H and O–H groups in total. The normalized spacial score (nSPS) is 13.8. The van der Waals surface area contributed by atoms with Crippen molar-refractivity contribution in [3.8, 4) is 0 Å². The number of rotatable bonds is 7. The standard InChI is InChI=1S/C16H27FN2/c1-6-18-15(13-10-9-11-14(17)12-13)16(4,5)19(7-2)8-3/h9-12,15,18H,6-8H2,1-5H3. The predicted molar refractivity (Wildman–Crippen MR) is 79.8 cm³/mol. The van der Waals surface area contributed by atoms with Gasteiger partial charge in [0.1, 0.15) is 5.82 Å². The molecule has 0 amide bonds. The molecule has 0 saturated carbocycles. The van der Waals surface area contributed by atoms with Crippen molar-refractivity contribution >= 4 is 0 Å². The molecule has 1 rings (SSSR count). The van der Waals surface area contributed by atoms with Gasteiger partial charge in [-0.25, -0.2) is 4.39 Å². The van der Waals surface area contributed by atoms with Gasteiger partial charge in [0.05, 0.1) is 6.04 Å². The van der Waals surface area contributed by atoms with Gasteiger partial charge in [0.25, 0.3) is 0 Å². The van der Waals surface area contributed by atoms with Gasteiger partial charge in [0.15, 0.2) is 0 Å². The first kappa shape index (κ1) is 16.1. The Hall–Kier alpha value is -0.930. The van der Waals surface area contributed by atoms with Crippen molar-refractivity contribution in [2.24, 2.45) is 0 Å². The smallest absolute Gasteiger partial charge is 0.123 e. The highest BCUT2D eigenvalue weighted by Crippen LogP contribution is 2.31. The first-order valence-corrected chi connectivity index (χ1v) is 7.21. The number of likely N-dealkylation sites (N-methyl/N-ethyl adjacent to an activating group) is 2. The Bertz CT molecular complexity index is 386. The molecule has 0 saturated heterocycles. The molecule has 0 bridgehead atoms. The minimum atomic E-state index is -0.171. The molecule has 3 heteroatoms. The summed E-state index contributed by atoms with van der Waals surface area (Å²) in [6, 6.07) is 7.04. The van der Waals surface area contributed by atoms with Crippen LogP contribution in [0, 0.1) is 5.82 Å². The first-order chi connectivity index (χ1) is 8.97. The van der Waals surface area contributed by atoms with Gasteiger partial charge in [0, 0.05) is 5.54 Å². The highest BCUT2D eigenvalue weighted by atomic mass is 19.1. The highest BCUT2D eigenvalue weighted by Gasteiger charge is 2.34. The molecule has 0 aliphatic heterocycles. The summed E-state index contributed by atoms with van der Waals surface area (Å²) in [6.45, 7) is 13.7. The van der Waals surface area contributed by atoms with Crippen LogP contribution in [-0.2, 0) is 0 Å². The maximum Gasteiger partial charge on any atom is 0.123 e. The van der Waals surface area contributed by atoms with Crippen molar-refractivity contribution in [3.63, 3.8) is 0 Å². The van der Waals surface area contributed by atoms with E-state index < -0.39 is 0 Å². The third kappa shape index (κ3) is 3.77. The Morgan fingerprint density at radius 3 is 2.32 bits per heavy atom. The third-order valence-corrected chi connectivity index (χ3v) is 3.88. The molecular weight excluding hydrogens is 239 g/mol. The Balaban J connectivity index is 3.12. The van der Waals surface area contributed by atoms with E-state index in [2.05, 4.69) is 44.8 Å². The fourth-order valence-electron chi connectivity index (χ4n) is 2.89. The lowest BCUT2D eigenvalue weighted by atomic mass is 9.86. The van der Waals surface area contributed by atoms with E-state index in [1.807, 2.05) is 6.07 Å². The van der Waals surface area contributed by atoms with Gasteiger partial charge >= 0.3 is 0 Å². The maximum absolute atomic E-state index is 13.5. The SMILES string of the molecule is CCNC(c1cccc(F)c1)C(C)(C)N(CC)CC. The minimum Gasteiger partial charge on any atom is -0.309 e. The molecule has 0 heterocycles. The molecule has 0 aliphatic rings. The topological polar surface area (TPSA) is 15.3 Å². The summed E-state index contributed by atoms with van der Waals surface area (Å²) in [5.41, 5.74) is 0.951. The van der Waals surface area contributed by atoms with Crippen LogP contribution in [0.25, 0.3) is 0 Å². The summed E-state index contributed by atoms with van der Waals surface area (Å²) >= 11 is 0. The monoisotopic (exact) mass is 266 g/mol. The molecule has 1 atom stereocenters. The number of nitrogens with one attached hydrogen (secondary N) is 1. The highest BCUT2D eigenvalue weighted by molar-refractivity contribution is 5.23. The van der Waals surface area contributed by atoms with E-state index in [0.717, 1.165) is 25.2 Å². The number of halogens is 1. The fraction of sp³-hybridized carbons (Fsp3) is 0.625. The molecule has 1 aromatic carbocycles. The fourth-order valence-corrected chi connectivity index (χ4v) is 2.89. The van der Waals surface area contributed by atoms with Gasteiger partial charge in [-0.1, -0.05) is 32.9 Å². The molecule has 19 heavy (non-hydrogen) atoms. The van der Waals surface area contributed by atoms with Gasteiger partial charge in [-0.05, 0) is 51.2 Å². The molecule has 2 nitrogen and oxygen atoms in total. The van der Waals surface area contributed by atoms with Crippen molar-refractivity contribution in [2.45, 2.75) is 46.2 Å². The lowest BCUT2D eigenvalue weighted by Gasteiger charge is -2.44. The second kappa shape index (κ2) is 7.01. The Labute approximate surface area is 117 Å². The molecule has 0 aliphatic carbocycles. The third-order valence-electron chi connectivity index (χ3n) is 3.88. The van der Waals surface area contributed by atoms with Gasteiger partial charge < -0.3 is 5.32 Å². The average molecular weight is 266 g/mol. The largest absolute Gasteiger partial charge is 0.309 e. The molecule has 0 fully saturated rings. The number of hydrogen-bond acceptors (Lipinski definition) is 2. The van der Waals surface area contributed by atoms with Crippen LogP contribution in [0.5, 0.6) is 0 Å². The zero-order chi connectivity index (χ0) is 14.5. The summed E-state index contributed by atoms with van der Waals surface area (Å²) in [5, 5.41) is 3.51. The summed E-state index contributed by atoms with van der Waals surface area (Å²) in [6.07, 6.45) is 0. The van der Waals surface area contributed by atoms with Crippen LogP contribution in [0.3, 0.4) is 0 Å². The van der Waals surface area contributed by atoms with Gasteiger partial charge in [-0.2, -0.15) is 0 Å². The quantitative estimate of drug-likeness (QED) is 0.811. The van der Waals surface area contributed by atoms with E-state index in [1.165, 1.54) is 6.07 Å². The van der Waals surface area contributed by atoms with E-state index >= 15 is 0 Å². The number of nitrogens with zero attached hydrogens (tertiary/aromatic N) is 1. The van der Waals surface area contributed by atoms with Gasteiger partial charge in [0.2, 0.25) is 0 Å². The lowest BCUT2D eigenvalue weighted by molar-refractivity contribution is 0.0917. The molecule has 0 spiro atoms. The minimum absolute atomic E-state index is 0.0622. The van der Waals surface area contributed by atoms with Crippen LogP contribution in [-0.4, -0.2) is 30.1 Å². The molecule has 0 radical (unpaired) electrons. The Morgan fingerprint density at radius 1 is 1.21 bits per heavy atom. The zero-order valence-corrected chi connectivity index (χ0v) is 12.8. The van der Waals surface area contributed by atoms with Crippen molar-refractivity contribution in [1.29, 1.82) is 0 Å². The summed E-state index contributed by atoms with van der Waals surface area (Å²) in [5.74, 6) is -0.171. The van der Waals surface area contributed by atoms with E-state index in [0.29, 0.717) is 0 Å². The number of benzene rings is 1. The predicted octanol–water partition coefficient (Wildman–Crippen LogP) is 3.60. The molecule has 108 valence electrons. The Kier molecular flexibility index (Phi) is 5.95. The molecular formula is C16H27FN2. The van der Waals surface area contributed by atoms with E-state index in [9.17, 15) is 4.39 Å². The van der Waals surface area contributed by atoms with Crippen molar-refractivity contribution in [1.82, 2.24) is 10.2 Å². The summed E-state index contributed by atoms with van der Waals surface area (Å²) in [4.78, 5) is 2.41. The summed E-state index contributed by atoms with van der Waals surface area (Å²) in [7, 11) is 0. The van der Waals surface area contributed by atoms with Crippen LogP contribution < -0.4 is 5.32 Å². The summed E-state index contributed by atoms with van der Waals surface area (Å²) < 4.78 is 13.5. The number of hydrogen-bond donors (Lipinski definition) is 1. The van der Waals surface area contributed by atoms with E-state index in [-0.39, 0.29) is 17.4 Å². The maximum atomic E-state index is 13.5. The Morgan fingerprint density at radius 2 is 1.84 bits per heavy atom. The lowest BCUT2D eigenvalue weighted by Crippen LogP contribution is -2.52. The van der Waals surface area contributed by atoms with Crippen molar-refractivity contribution in [3.05, 3.63) is 35.6 Å². The molecule has 1 unspecified atom stereocenters. The van der Waals surface area contributed by atoms with Crippen LogP contribution in [0.1, 0.15) is 46.2 Å². The van der Waals surface area contributed by atoms with E-state index in [4.69, 9.17) is 0 Å². The molecule has 0 aromatic heterocycles. The second-order valence-corrected chi connectivity index (χ2v) is 5.37. The van der Waals surface area contributed by atoms with Gasteiger partial charge in [-0.15, -0.1) is 0 Å². The van der Waals surface area contributed by atoms with Crippen molar-refractivity contribution < 1.29 is 4.39 Å².